The van der Waals surface area contributed by atoms with Crippen LogP contribution < -0.4 is 5.32 Å². The van der Waals surface area contributed by atoms with Gasteiger partial charge in [-0.05, 0) is 25.9 Å². The third kappa shape index (κ3) is 8.99. The number of hydrogen-bond acceptors (Lipinski definition) is 2. The Hall–Kier alpha value is -1.01. The van der Waals surface area contributed by atoms with Crippen LogP contribution in [0.5, 0.6) is 0 Å². The summed E-state index contributed by atoms with van der Waals surface area (Å²) in [6.07, 6.45) is 7.72. The summed E-state index contributed by atoms with van der Waals surface area (Å²) in [5.74, 6) is 1.81. The lowest BCUT2D eigenvalue weighted by Gasteiger charge is -2.00. The summed E-state index contributed by atoms with van der Waals surface area (Å²) in [5.41, 5.74) is 0. The van der Waals surface area contributed by atoms with E-state index in [1.165, 1.54) is 0 Å². The molecule has 12 heavy (non-hydrogen) atoms. The van der Waals surface area contributed by atoms with Crippen LogP contribution in [-0.2, 0) is 4.79 Å². The van der Waals surface area contributed by atoms with Crippen molar-refractivity contribution in [2.45, 2.75) is 25.7 Å². The van der Waals surface area contributed by atoms with Crippen molar-refractivity contribution in [3.05, 3.63) is 0 Å². The highest BCUT2D eigenvalue weighted by atomic mass is 16.4. The van der Waals surface area contributed by atoms with Crippen molar-refractivity contribution in [2.24, 2.45) is 0 Å². The molecule has 0 heterocycles. The van der Waals surface area contributed by atoms with Gasteiger partial charge in [0.05, 0.1) is 0 Å². The van der Waals surface area contributed by atoms with Gasteiger partial charge in [0.15, 0.2) is 0 Å². The molecule has 0 saturated carbocycles. The van der Waals surface area contributed by atoms with Gasteiger partial charge >= 0.3 is 5.97 Å². The molecule has 0 amide bonds. The van der Waals surface area contributed by atoms with Gasteiger partial charge in [-0.25, -0.2) is 0 Å². The first-order valence-corrected chi connectivity index (χ1v) is 4.13. The molecule has 0 aromatic rings. The molecule has 0 saturated heterocycles. The van der Waals surface area contributed by atoms with Gasteiger partial charge < -0.3 is 10.4 Å². The number of carboxylic acid groups (broad SMARTS) is 1. The highest BCUT2D eigenvalue weighted by molar-refractivity contribution is 5.66. The second-order valence-corrected chi connectivity index (χ2v) is 2.55. The SMILES string of the molecule is C#CCCCNCCCC(=O)O. The number of aliphatic carboxylic acids is 1. The fourth-order valence-corrected chi connectivity index (χ4v) is 0.805. The first-order chi connectivity index (χ1) is 5.77. The molecule has 0 rings (SSSR count). The van der Waals surface area contributed by atoms with Crippen molar-refractivity contribution in [2.75, 3.05) is 13.1 Å². The molecule has 0 bridgehead atoms. The zero-order valence-corrected chi connectivity index (χ0v) is 7.18. The molecule has 2 N–H and O–H groups in total. The van der Waals surface area contributed by atoms with Crippen LogP contribution in [0.1, 0.15) is 25.7 Å². The third-order valence-corrected chi connectivity index (χ3v) is 1.42. The summed E-state index contributed by atoms with van der Waals surface area (Å²) in [6.45, 7) is 1.64. The Labute approximate surface area is 73.2 Å². The Morgan fingerprint density at radius 1 is 1.42 bits per heavy atom. The Bertz CT molecular complexity index is 160. The van der Waals surface area contributed by atoms with E-state index in [0.717, 1.165) is 25.9 Å². The van der Waals surface area contributed by atoms with Crippen molar-refractivity contribution in [3.8, 4) is 12.3 Å². The average Bonchev–Trinajstić information content (AvgIpc) is 2.02. The molecular weight excluding hydrogens is 154 g/mol. The van der Waals surface area contributed by atoms with Gasteiger partial charge in [-0.2, -0.15) is 0 Å². The number of unbranched alkanes of at least 4 members (excludes halogenated alkanes) is 1. The van der Waals surface area contributed by atoms with Crippen LogP contribution in [0.25, 0.3) is 0 Å². The molecule has 0 aliphatic carbocycles. The summed E-state index contributed by atoms with van der Waals surface area (Å²) in [4.78, 5) is 10.1. The van der Waals surface area contributed by atoms with Gasteiger partial charge in [0, 0.05) is 12.8 Å². The maximum atomic E-state index is 10.1. The molecule has 0 radical (unpaired) electrons. The van der Waals surface area contributed by atoms with Crippen LogP contribution in [0.2, 0.25) is 0 Å². The van der Waals surface area contributed by atoms with E-state index in [-0.39, 0.29) is 6.42 Å². The van der Waals surface area contributed by atoms with Crippen LogP contribution >= 0.6 is 0 Å². The second-order valence-electron chi connectivity index (χ2n) is 2.55. The third-order valence-electron chi connectivity index (χ3n) is 1.42. The topological polar surface area (TPSA) is 49.3 Å². The highest BCUT2D eigenvalue weighted by Crippen LogP contribution is 1.87. The number of carbonyl (C=O) groups is 1. The van der Waals surface area contributed by atoms with E-state index in [2.05, 4.69) is 11.2 Å². The van der Waals surface area contributed by atoms with Gasteiger partial charge in [0.2, 0.25) is 0 Å². The Morgan fingerprint density at radius 2 is 2.08 bits per heavy atom. The van der Waals surface area contributed by atoms with E-state index in [1.807, 2.05) is 0 Å². The molecule has 0 aromatic heterocycles. The summed E-state index contributed by atoms with van der Waals surface area (Å²) in [5, 5.41) is 11.4. The van der Waals surface area contributed by atoms with Crippen LogP contribution in [0.3, 0.4) is 0 Å². The molecule has 0 aliphatic heterocycles. The van der Waals surface area contributed by atoms with Gasteiger partial charge in [-0.3, -0.25) is 4.79 Å². The largest absolute Gasteiger partial charge is 0.481 e. The molecule has 0 atom stereocenters. The predicted molar refractivity (Wildman–Crippen MR) is 47.8 cm³/mol. The zero-order chi connectivity index (χ0) is 9.23. The molecule has 3 nitrogen and oxygen atoms in total. The van der Waals surface area contributed by atoms with E-state index in [0.29, 0.717) is 6.42 Å². The fraction of sp³-hybridized carbons (Fsp3) is 0.667. The zero-order valence-electron chi connectivity index (χ0n) is 7.18. The fourth-order valence-electron chi connectivity index (χ4n) is 0.805. The van der Waals surface area contributed by atoms with E-state index >= 15 is 0 Å². The van der Waals surface area contributed by atoms with Crippen LogP contribution in [-0.4, -0.2) is 24.2 Å². The minimum absolute atomic E-state index is 0.238. The lowest BCUT2D eigenvalue weighted by molar-refractivity contribution is -0.137. The Balaban J connectivity index is 2.92. The van der Waals surface area contributed by atoms with Crippen molar-refractivity contribution < 1.29 is 9.90 Å². The van der Waals surface area contributed by atoms with Crippen molar-refractivity contribution in [3.63, 3.8) is 0 Å². The Kier molecular flexibility index (Phi) is 7.41. The summed E-state index contributed by atoms with van der Waals surface area (Å²) in [6, 6.07) is 0. The highest BCUT2D eigenvalue weighted by Gasteiger charge is 1.94. The van der Waals surface area contributed by atoms with Crippen molar-refractivity contribution >= 4 is 5.97 Å². The van der Waals surface area contributed by atoms with E-state index in [4.69, 9.17) is 11.5 Å². The predicted octanol–water partition coefficient (Wildman–Crippen LogP) is 0.854. The van der Waals surface area contributed by atoms with Crippen LogP contribution in [0.15, 0.2) is 0 Å². The standard InChI is InChI=1S/C9H15NO2/c1-2-3-4-7-10-8-5-6-9(11)12/h1,10H,3-8H2,(H,11,12). The maximum Gasteiger partial charge on any atom is 0.303 e. The molecule has 0 unspecified atom stereocenters. The summed E-state index contributed by atoms with van der Waals surface area (Å²) < 4.78 is 0. The molecule has 0 spiro atoms. The van der Waals surface area contributed by atoms with E-state index in [1.54, 1.807) is 0 Å². The number of carboxylic acids is 1. The minimum Gasteiger partial charge on any atom is -0.481 e. The van der Waals surface area contributed by atoms with Gasteiger partial charge in [-0.15, -0.1) is 12.3 Å². The first kappa shape index (κ1) is 11.0. The number of hydrogen-bond donors (Lipinski definition) is 2. The number of terminal acetylenes is 1. The lowest BCUT2D eigenvalue weighted by Crippen LogP contribution is -2.17. The molecule has 0 aromatic carbocycles. The monoisotopic (exact) mass is 169 g/mol. The lowest BCUT2D eigenvalue weighted by atomic mass is 10.3. The summed E-state index contributed by atoms with van der Waals surface area (Å²) >= 11 is 0. The number of rotatable bonds is 7. The molecule has 0 fully saturated rings. The molecular formula is C9H15NO2. The molecule has 3 heteroatoms. The second kappa shape index (κ2) is 8.09. The normalized spacial score (nSPS) is 9.25. The molecule has 68 valence electrons. The van der Waals surface area contributed by atoms with Crippen molar-refractivity contribution in [1.82, 2.24) is 5.32 Å². The van der Waals surface area contributed by atoms with Gasteiger partial charge in [0.1, 0.15) is 0 Å². The Morgan fingerprint density at radius 3 is 2.67 bits per heavy atom. The van der Waals surface area contributed by atoms with E-state index in [9.17, 15) is 4.79 Å². The van der Waals surface area contributed by atoms with Gasteiger partial charge in [0.25, 0.3) is 0 Å². The van der Waals surface area contributed by atoms with Crippen LogP contribution in [0, 0.1) is 12.3 Å². The molecule has 0 aliphatic rings. The quantitative estimate of drug-likeness (QED) is 0.439. The minimum atomic E-state index is -0.736. The maximum absolute atomic E-state index is 10.1. The summed E-state index contributed by atoms with van der Waals surface area (Å²) in [7, 11) is 0. The van der Waals surface area contributed by atoms with E-state index < -0.39 is 5.97 Å². The van der Waals surface area contributed by atoms with Gasteiger partial charge in [-0.1, -0.05) is 0 Å². The van der Waals surface area contributed by atoms with Crippen LogP contribution in [0.4, 0.5) is 0 Å². The smallest absolute Gasteiger partial charge is 0.303 e. The average molecular weight is 169 g/mol. The van der Waals surface area contributed by atoms with Crippen molar-refractivity contribution in [1.29, 1.82) is 0 Å². The first-order valence-electron chi connectivity index (χ1n) is 4.13. The number of nitrogens with one attached hydrogen (secondary N) is 1.